The molecule has 30 heavy (non-hydrogen) atoms. The number of ketones is 1. The monoisotopic (exact) mass is 420 g/mol. The van der Waals surface area contributed by atoms with E-state index in [1.54, 1.807) is 18.3 Å². The lowest BCUT2D eigenvalue weighted by molar-refractivity contribution is 0.0738. The van der Waals surface area contributed by atoms with Gasteiger partial charge in [0.25, 0.3) is 5.91 Å². The molecule has 154 valence electrons. The Morgan fingerprint density at radius 1 is 1.00 bits per heavy atom. The minimum Gasteiger partial charge on any atom is -0.368 e. The van der Waals surface area contributed by atoms with Crippen LogP contribution in [0.25, 0.3) is 11.3 Å². The van der Waals surface area contributed by atoms with Crippen molar-refractivity contribution in [2.45, 2.75) is 19.8 Å². The minimum atomic E-state index is 0.0390. The largest absolute Gasteiger partial charge is 0.368 e. The topological polar surface area (TPSA) is 58.4 Å². The Kier molecular flexibility index (Phi) is 4.70. The Hall–Kier alpha value is -2.93. The van der Waals surface area contributed by atoms with Crippen LogP contribution in [0.1, 0.15) is 38.2 Å². The summed E-state index contributed by atoms with van der Waals surface area (Å²) in [6, 6.07) is 9.86. The quantitative estimate of drug-likeness (QED) is 0.610. The van der Waals surface area contributed by atoms with Crippen LogP contribution < -0.4 is 4.90 Å². The predicted molar refractivity (Wildman–Crippen MR) is 118 cm³/mol. The summed E-state index contributed by atoms with van der Waals surface area (Å²) in [5.74, 6) is 0.113. The molecule has 0 N–H and O–H groups in total. The van der Waals surface area contributed by atoms with Crippen LogP contribution in [-0.2, 0) is 19.9 Å². The molecule has 3 aromatic rings. The fourth-order valence-corrected chi connectivity index (χ4v) is 5.40. The summed E-state index contributed by atoms with van der Waals surface area (Å²) in [4.78, 5) is 30.3. The van der Waals surface area contributed by atoms with Crippen LogP contribution in [0.15, 0.2) is 35.7 Å². The van der Waals surface area contributed by atoms with Crippen molar-refractivity contribution < 1.29 is 9.59 Å². The zero-order valence-electron chi connectivity index (χ0n) is 17.2. The normalized spacial score (nSPS) is 15.7. The number of hydrogen-bond acceptors (Lipinski definition) is 5. The van der Waals surface area contributed by atoms with Gasteiger partial charge in [-0.05, 0) is 55.5 Å². The molecule has 3 heterocycles. The molecule has 0 unspecified atom stereocenters. The second-order valence-corrected chi connectivity index (χ2v) is 8.94. The first-order valence-electron chi connectivity index (χ1n) is 10.3. The smallest absolute Gasteiger partial charge is 0.274 e. The molecule has 7 heteroatoms. The highest BCUT2D eigenvalue weighted by molar-refractivity contribution is 7.10. The molecule has 0 radical (unpaired) electrons. The molecule has 2 aromatic heterocycles. The molecule has 1 saturated heterocycles. The molecule has 1 aliphatic heterocycles. The Balaban J connectivity index is 1.31. The first-order valence-corrected chi connectivity index (χ1v) is 11.2. The number of aryl methyl sites for hydroxylation is 2. The maximum absolute atomic E-state index is 13.3. The predicted octanol–water partition coefficient (Wildman–Crippen LogP) is 3.41. The summed E-state index contributed by atoms with van der Waals surface area (Å²) in [6.45, 7) is 4.46. The van der Waals surface area contributed by atoms with E-state index in [0.29, 0.717) is 18.8 Å². The number of carbonyl (C=O) groups is 2. The molecule has 1 fully saturated rings. The maximum Gasteiger partial charge on any atom is 0.274 e. The van der Waals surface area contributed by atoms with Gasteiger partial charge in [0, 0.05) is 60.5 Å². The third kappa shape index (κ3) is 3.13. The van der Waals surface area contributed by atoms with E-state index < -0.39 is 0 Å². The lowest BCUT2D eigenvalue weighted by Crippen LogP contribution is -2.49. The highest BCUT2D eigenvalue weighted by Crippen LogP contribution is 2.38. The third-order valence-electron chi connectivity index (χ3n) is 6.16. The summed E-state index contributed by atoms with van der Waals surface area (Å²) in [7, 11) is 1.94. The van der Waals surface area contributed by atoms with Gasteiger partial charge in [0.05, 0.1) is 5.69 Å². The zero-order valence-corrected chi connectivity index (χ0v) is 18.0. The van der Waals surface area contributed by atoms with Crippen molar-refractivity contribution in [3.05, 3.63) is 57.4 Å². The zero-order chi connectivity index (χ0) is 20.8. The van der Waals surface area contributed by atoms with Gasteiger partial charge >= 0.3 is 0 Å². The standard InChI is InChI=1S/C23H24N4O2S/c1-15(28)16-3-5-17(6-4-16)26-10-12-27(13-11-26)23(29)21-19-7-8-20-18(9-14-30-20)22(19)25(2)24-21/h3-6,9,14H,7-8,10-13H2,1-2H3. The van der Waals surface area contributed by atoms with Crippen LogP contribution in [0.5, 0.6) is 0 Å². The number of rotatable bonds is 3. The maximum atomic E-state index is 13.3. The van der Waals surface area contributed by atoms with E-state index in [1.807, 2.05) is 40.9 Å². The Labute approximate surface area is 179 Å². The number of Topliss-reactive ketones (excluding diaryl/α,β-unsaturated/α-hetero) is 1. The Bertz CT molecular complexity index is 1120. The minimum absolute atomic E-state index is 0.0390. The van der Waals surface area contributed by atoms with Gasteiger partial charge in [0.2, 0.25) is 0 Å². The van der Waals surface area contributed by atoms with Crippen LogP contribution in [0, 0.1) is 0 Å². The number of amides is 1. The van der Waals surface area contributed by atoms with Crippen LogP contribution in [-0.4, -0.2) is 52.5 Å². The molecule has 1 amide bonds. The first kappa shape index (κ1) is 19.1. The molecule has 1 aliphatic carbocycles. The van der Waals surface area contributed by atoms with Crippen molar-refractivity contribution >= 4 is 28.7 Å². The highest BCUT2D eigenvalue weighted by Gasteiger charge is 2.31. The van der Waals surface area contributed by atoms with Crippen LogP contribution >= 0.6 is 11.3 Å². The first-order chi connectivity index (χ1) is 14.5. The van der Waals surface area contributed by atoms with Gasteiger partial charge in [-0.25, -0.2) is 0 Å². The van der Waals surface area contributed by atoms with E-state index in [-0.39, 0.29) is 11.7 Å². The molecular formula is C23H24N4O2S. The second-order valence-electron chi connectivity index (χ2n) is 7.94. The molecule has 0 saturated carbocycles. The number of piperazine rings is 1. The van der Waals surface area contributed by atoms with Gasteiger partial charge in [0.1, 0.15) is 0 Å². The van der Waals surface area contributed by atoms with E-state index in [2.05, 4.69) is 21.4 Å². The number of thiophene rings is 1. The van der Waals surface area contributed by atoms with E-state index >= 15 is 0 Å². The number of fused-ring (bicyclic) bond motifs is 3. The molecule has 6 nitrogen and oxygen atoms in total. The summed E-state index contributed by atoms with van der Waals surface area (Å²) in [5.41, 5.74) is 5.85. The lowest BCUT2D eigenvalue weighted by Gasteiger charge is -2.36. The Morgan fingerprint density at radius 3 is 2.43 bits per heavy atom. The van der Waals surface area contributed by atoms with Crippen LogP contribution in [0.3, 0.4) is 0 Å². The van der Waals surface area contributed by atoms with Crippen molar-refractivity contribution in [3.8, 4) is 11.3 Å². The number of anilines is 1. The fourth-order valence-electron chi connectivity index (χ4n) is 4.52. The second kappa shape index (κ2) is 7.40. The number of nitrogens with zero attached hydrogens (tertiary/aromatic N) is 4. The molecule has 0 bridgehead atoms. The van der Waals surface area contributed by atoms with Gasteiger partial charge in [0.15, 0.2) is 11.5 Å². The summed E-state index contributed by atoms with van der Waals surface area (Å²) < 4.78 is 1.88. The van der Waals surface area contributed by atoms with Gasteiger partial charge < -0.3 is 9.80 Å². The van der Waals surface area contributed by atoms with Gasteiger partial charge in [-0.15, -0.1) is 11.3 Å². The number of benzene rings is 1. The SMILES string of the molecule is CC(=O)c1ccc(N2CCN(C(=O)c3nn(C)c4c3CCc3sccc3-4)CC2)cc1. The van der Waals surface area contributed by atoms with Crippen molar-refractivity contribution in [3.63, 3.8) is 0 Å². The summed E-state index contributed by atoms with van der Waals surface area (Å²) >= 11 is 1.78. The van der Waals surface area contributed by atoms with Crippen molar-refractivity contribution in [2.75, 3.05) is 31.1 Å². The van der Waals surface area contributed by atoms with E-state index in [9.17, 15) is 9.59 Å². The van der Waals surface area contributed by atoms with Gasteiger partial charge in [-0.3, -0.25) is 14.3 Å². The molecule has 1 aromatic carbocycles. The molecule has 0 atom stereocenters. The van der Waals surface area contributed by atoms with E-state index in [0.717, 1.165) is 48.4 Å². The molecule has 2 aliphatic rings. The Morgan fingerprint density at radius 2 is 1.73 bits per heavy atom. The van der Waals surface area contributed by atoms with Gasteiger partial charge in [-0.1, -0.05) is 0 Å². The third-order valence-corrected chi connectivity index (χ3v) is 7.14. The fraction of sp³-hybridized carbons (Fsp3) is 0.348. The van der Waals surface area contributed by atoms with E-state index in [1.165, 1.54) is 10.4 Å². The number of carbonyl (C=O) groups excluding carboxylic acids is 2. The van der Waals surface area contributed by atoms with Crippen LogP contribution in [0.4, 0.5) is 5.69 Å². The highest BCUT2D eigenvalue weighted by atomic mass is 32.1. The van der Waals surface area contributed by atoms with E-state index in [4.69, 9.17) is 0 Å². The van der Waals surface area contributed by atoms with Crippen molar-refractivity contribution in [1.82, 2.24) is 14.7 Å². The van der Waals surface area contributed by atoms with Crippen molar-refractivity contribution in [2.24, 2.45) is 7.05 Å². The number of hydrogen-bond donors (Lipinski definition) is 0. The van der Waals surface area contributed by atoms with Crippen LogP contribution in [0.2, 0.25) is 0 Å². The summed E-state index contributed by atoms with van der Waals surface area (Å²) in [5, 5.41) is 6.76. The van der Waals surface area contributed by atoms with Gasteiger partial charge in [-0.2, -0.15) is 5.10 Å². The number of aromatic nitrogens is 2. The molecule has 0 spiro atoms. The lowest BCUT2D eigenvalue weighted by atomic mass is 9.94. The average molecular weight is 421 g/mol. The molecular weight excluding hydrogens is 396 g/mol. The van der Waals surface area contributed by atoms with Crippen molar-refractivity contribution in [1.29, 1.82) is 0 Å². The molecule has 5 rings (SSSR count). The summed E-state index contributed by atoms with van der Waals surface area (Å²) in [6.07, 6.45) is 1.86. The average Bonchev–Trinajstić information content (AvgIpc) is 3.37.